The minimum atomic E-state index is 0.613. The van der Waals surface area contributed by atoms with Crippen LogP contribution in [-0.4, -0.2) is 0 Å². The maximum absolute atomic E-state index is 5.68. The van der Waals surface area contributed by atoms with E-state index >= 15 is 0 Å². The van der Waals surface area contributed by atoms with E-state index in [1.165, 1.54) is 0 Å². The fourth-order valence-electron chi connectivity index (χ4n) is 0.833. The summed E-state index contributed by atoms with van der Waals surface area (Å²) in [7, 11) is 0. The Morgan fingerprint density at radius 2 is 1.72 bits per heavy atom. The lowest BCUT2D eigenvalue weighted by Crippen LogP contribution is -1.70. The van der Waals surface area contributed by atoms with Gasteiger partial charge in [-0.2, -0.15) is 0 Å². The molecule has 2 heteroatoms. The third-order valence-corrected chi connectivity index (χ3v) is 2.33. The number of allylic oxidation sites excluding steroid dienone is 4. The minimum Gasteiger partial charge on any atom is -0.0991 e. The molecule has 0 bridgehead atoms. The molecule has 0 aliphatic carbocycles. The standard InChI is InChI=1S/C7H6Cl2.C7H10.C2H6/c1-5-2-3-6(8)7(9)4-5;1-4-5-6-7(2)3;1-2/h2-4H,1H3;4-6H,1-2H2,3H3;1-2H3/b;6-5-;. The molecule has 0 N–H and O–H groups in total. The van der Waals surface area contributed by atoms with Gasteiger partial charge in [-0.15, -0.1) is 0 Å². The van der Waals surface area contributed by atoms with Crippen LogP contribution in [0.5, 0.6) is 0 Å². The Morgan fingerprint density at radius 3 is 2.00 bits per heavy atom. The number of hydrogen-bond acceptors (Lipinski definition) is 0. The first-order valence-electron chi connectivity index (χ1n) is 5.83. The van der Waals surface area contributed by atoms with Crippen LogP contribution >= 0.6 is 23.2 Å². The lowest BCUT2D eigenvalue weighted by Gasteiger charge is -1.94. The third-order valence-electron chi connectivity index (χ3n) is 1.59. The van der Waals surface area contributed by atoms with Gasteiger partial charge in [-0.1, -0.05) is 80.1 Å². The summed E-state index contributed by atoms with van der Waals surface area (Å²) in [5, 5.41) is 1.24. The minimum absolute atomic E-state index is 0.613. The Morgan fingerprint density at radius 1 is 1.17 bits per heavy atom. The Kier molecular flexibility index (Phi) is 13.4. The molecule has 0 spiro atoms. The number of aryl methyl sites for hydroxylation is 1. The largest absolute Gasteiger partial charge is 0.0991 e. The van der Waals surface area contributed by atoms with Gasteiger partial charge in [0, 0.05) is 0 Å². The molecule has 0 saturated carbocycles. The lowest BCUT2D eigenvalue weighted by atomic mass is 10.2. The van der Waals surface area contributed by atoms with Gasteiger partial charge >= 0.3 is 0 Å². The smallest absolute Gasteiger partial charge is 0.0594 e. The van der Waals surface area contributed by atoms with Gasteiger partial charge in [0.05, 0.1) is 10.0 Å². The first-order valence-corrected chi connectivity index (χ1v) is 6.59. The number of hydrogen-bond donors (Lipinski definition) is 0. The zero-order valence-electron chi connectivity index (χ0n) is 11.6. The molecule has 0 radical (unpaired) electrons. The van der Waals surface area contributed by atoms with Crippen molar-refractivity contribution in [1.29, 1.82) is 0 Å². The van der Waals surface area contributed by atoms with E-state index in [0.717, 1.165) is 11.1 Å². The topological polar surface area (TPSA) is 0 Å². The Labute approximate surface area is 122 Å². The van der Waals surface area contributed by atoms with Crippen molar-refractivity contribution >= 4 is 23.2 Å². The molecule has 0 amide bonds. The normalized spacial score (nSPS) is 8.78. The molecule has 18 heavy (non-hydrogen) atoms. The third kappa shape index (κ3) is 11.5. The summed E-state index contributed by atoms with van der Waals surface area (Å²) in [6.45, 7) is 15.1. The van der Waals surface area contributed by atoms with E-state index in [1.54, 1.807) is 12.1 Å². The molecule has 0 fully saturated rings. The second-order valence-corrected chi connectivity index (χ2v) is 4.17. The van der Waals surface area contributed by atoms with Gasteiger partial charge in [0.25, 0.3) is 0 Å². The predicted octanol–water partition coefficient (Wildman–Crippen LogP) is 6.63. The van der Waals surface area contributed by atoms with E-state index in [-0.39, 0.29) is 0 Å². The molecule has 0 aromatic heterocycles. The highest BCUT2D eigenvalue weighted by molar-refractivity contribution is 6.41. The van der Waals surface area contributed by atoms with Gasteiger partial charge in [-0.3, -0.25) is 0 Å². The van der Waals surface area contributed by atoms with Crippen LogP contribution in [0.15, 0.2) is 55.2 Å². The summed E-state index contributed by atoms with van der Waals surface area (Å²) < 4.78 is 0. The maximum Gasteiger partial charge on any atom is 0.0594 e. The van der Waals surface area contributed by atoms with Crippen LogP contribution in [-0.2, 0) is 0 Å². The second kappa shape index (κ2) is 12.5. The first-order chi connectivity index (χ1) is 8.47. The molecule has 1 rings (SSSR count). The van der Waals surface area contributed by atoms with Crippen molar-refractivity contribution < 1.29 is 0 Å². The second-order valence-electron chi connectivity index (χ2n) is 3.36. The van der Waals surface area contributed by atoms with Crippen molar-refractivity contribution in [3.8, 4) is 0 Å². The number of halogens is 2. The highest BCUT2D eigenvalue weighted by Gasteiger charge is 1.93. The molecule has 0 nitrogen and oxygen atoms in total. The van der Waals surface area contributed by atoms with E-state index in [0.29, 0.717) is 10.0 Å². The maximum atomic E-state index is 5.68. The van der Waals surface area contributed by atoms with Crippen LogP contribution in [0.3, 0.4) is 0 Å². The highest BCUT2D eigenvalue weighted by Crippen LogP contribution is 2.21. The molecule has 0 heterocycles. The molecular formula is C16H22Cl2. The predicted molar refractivity (Wildman–Crippen MR) is 86.7 cm³/mol. The van der Waals surface area contributed by atoms with Crippen molar-refractivity contribution in [3.05, 3.63) is 70.8 Å². The average molecular weight is 285 g/mol. The highest BCUT2D eigenvalue weighted by atomic mass is 35.5. The fourth-order valence-corrected chi connectivity index (χ4v) is 1.19. The van der Waals surface area contributed by atoms with Gasteiger partial charge in [-0.05, 0) is 31.5 Å². The monoisotopic (exact) mass is 284 g/mol. The van der Waals surface area contributed by atoms with E-state index in [9.17, 15) is 0 Å². The molecule has 0 atom stereocenters. The SMILES string of the molecule is C=C/C=C\C(=C)C.CC.Cc1ccc(Cl)c(Cl)c1. The van der Waals surface area contributed by atoms with Gasteiger partial charge in [-0.25, -0.2) is 0 Å². The summed E-state index contributed by atoms with van der Waals surface area (Å²) in [5.41, 5.74) is 2.18. The Hall–Kier alpha value is -0.980. The van der Waals surface area contributed by atoms with Crippen LogP contribution in [0.2, 0.25) is 10.0 Å². The fraction of sp³-hybridized carbons (Fsp3) is 0.250. The van der Waals surface area contributed by atoms with Gasteiger partial charge in [0.2, 0.25) is 0 Å². The molecule has 0 aliphatic heterocycles. The van der Waals surface area contributed by atoms with Crippen molar-refractivity contribution in [3.63, 3.8) is 0 Å². The first kappa shape index (κ1) is 19.4. The van der Waals surface area contributed by atoms with E-state index in [4.69, 9.17) is 23.2 Å². The quantitative estimate of drug-likeness (QED) is 0.535. The van der Waals surface area contributed by atoms with Crippen molar-refractivity contribution in [2.24, 2.45) is 0 Å². The molecule has 1 aromatic rings. The lowest BCUT2D eigenvalue weighted by molar-refractivity contribution is 1.47. The van der Waals surface area contributed by atoms with Crippen molar-refractivity contribution in [1.82, 2.24) is 0 Å². The molecular weight excluding hydrogens is 263 g/mol. The zero-order valence-corrected chi connectivity index (χ0v) is 13.1. The van der Waals surface area contributed by atoms with Gasteiger partial charge in [0.15, 0.2) is 0 Å². The number of benzene rings is 1. The van der Waals surface area contributed by atoms with Crippen molar-refractivity contribution in [2.45, 2.75) is 27.7 Å². The summed E-state index contributed by atoms with van der Waals surface area (Å²) >= 11 is 11.3. The van der Waals surface area contributed by atoms with Gasteiger partial charge < -0.3 is 0 Å². The van der Waals surface area contributed by atoms with E-state index in [2.05, 4.69) is 13.2 Å². The Balaban J connectivity index is 0. The average Bonchev–Trinajstić information content (AvgIpc) is 2.35. The van der Waals surface area contributed by atoms with Crippen LogP contribution in [0, 0.1) is 6.92 Å². The molecule has 100 valence electrons. The van der Waals surface area contributed by atoms with Crippen molar-refractivity contribution in [2.75, 3.05) is 0 Å². The Bertz CT molecular complexity index is 390. The number of rotatable bonds is 2. The summed E-state index contributed by atoms with van der Waals surface area (Å²) in [6, 6.07) is 5.55. The summed E-state index contributed by atoms with van der Waals surface area (Å²) in [6.07, 6.45) is 5.50. The zero-order chi connectivity index (χ0) is 14.6. The van der Waals surface area contributed by atoms with Gasteiger partial charge in [0.1, 0.15) is 0 Å². The van der Waals surface area contributed by atoms with E-state index < -0.39 is 0 Å². The van der Waals surface area contributed by atoms with Crippen LogP contribution < -0.4 is 0 Å². The molecule has 1 aromatic carbocycles. The van der Waals surface area contributed by atoms with E-state index in [1.807, 2.05) is 52.0 Å². The van der Waals surface area contributed by atoms with Crippen LogP contribution in [0.4, 0.5) is 0 Å². The van der Waals surface area contributed by atoms with Crippen LogP contribution in [0.1, 0.15) is 26.3 Å². The molecule has 0 aliphatic rings. The summed E-state index contributed by atoms with van der Waals surface area (Å²) in [4.78, 5) is 0. The molecule has 0 saturated heterocycles. The van der Waals surface area contributed by atoms with Crippen LogP contribution in [0.25, 0.3) is 0 Å². The summed E-state index contributed by atoms with van der Waals surface area (Å²) in [5.74, 6) is 0. The molecule has 0 unspecified atom stereocenters.